The van der Waals surface area contributed by atoms with Gasteiger partial charge in [0.1, 0.15) is 6.10 Å². The van der Waals surface area contributed by atoms with E-state index in [0.717, 1.165) is 22.0 Å². The molecule has 0 aliphatic carbocycles. The van der Waals surface area contributed by atoms with E-state index in [2.05, 4.69) is 4.99 Å². The summed E-state index contributed by atoms with van der Waals surface area (Å²) < 4.78 is 0. The highest BCUT2D eigenvalue weighted by Crippen LogP contribution is 2.36. The maximum absolute atomic E-state index is 9.73. The van der Waals surface area contributed by atoms with E-state index in [0.29, 0.717) is 0 Å². The number of hydrogen-bond acceptors (Lipinski definition) is 2. The number of fused-ring (bicyclic) bond motifs is 3. The molecule has 0 aromatic heterocycles. The van der Waals surface area contributed by atoms with Gasteiger partial charge in [-0.1, -0.05) is 30.3 Å². The summed E-state index contributed by atoms with van der Waals surface area (Å²) in [5.74, 6) is 0. The van der Waals surface area contributed by atoms with Gasteiger partial charge in [0.15, 0.2) is 0 Å². The Morgan fingerprint density at radius 3 is 2.86 bits per heavy atom. The van der Waals surface area contributed by atoms with Gasteiger partial charge in [0.2, 0.25) is 0 Å². The van der Waals surface area contributed by atoms with Gasteiger partial charge in [-0.2, -0.15) is 0 Å². The zero-order valence-electron chi connectivity index (χ0n) is 7.51. The average molecular weight is 183 g/mol. The molecular weight excluding hydrogens is 174 g/mol. The third-order valence-corrected chi connectivity index (χ3v) is 2.60. The molecule has 1 aliphatic heterocycles. The minimum Gasteiger partial charge on any atom is -0.383 e. The molecule has 0 spiro atoms. The molecule has 0 radical (unpaired) electrons. The van der Waals surface area contributed by atoms with Crippen LogP contribution in [0.15, 0.2) is 41.4 Å². The van der Waals surface area contributed by atoms with Gasteiger partial charge in [-0.15, -0.1) is 0 Å². The van der Waals surface area contributed by atoms with E-state index >= 15 is 0 Å². The molecule has 2 nitrogen and oxygen atoms in total. The van der Waals surface area contributed by atoms with Gasteiger partial charge < -0.3 is 5.11 Å². The maximum Gasteiger partial charge on any atom is 0.117 e. The summed E-state index contributed by atoms with van der Waals surface area (Å²) in [5, 5.41) is 12.0. The van der Waals surface area contributed by atoms with E-state index in [9.17, 15) is 5.11 Å². The third-order valence-electron chi connectivity index (χ3n) is 2.60. The minimum absolute atomic E-state index is 0.545. The number of nitrogens with zero attached hydrogens (tertiary/aromatic N) is 1. The van der Waals surface area contributed by atoms with Crippen LogP contribution in [0.25, 0.3) is 10.8 Å². The summed E-state index contributed by atoms with van der Waals surface area (Å²) in [4.78, 5) is 4.16. The number of aliphatic hydroxyl groups is 1. The van der Waals surface area contributed by atoms with Crippen LogP contribution in [0.4, 0.5) is 5.69 Å². The topological polar surface area (TPSA) is 32.6 Å². The Labute approximate surface area is 81.5 Å². The minimum atomic E-state index is -0.545. The van der Waals surface area contributed by atoms with Crippen molar-refractivity contribution in [2.45, 2.75) is 6.10 Å². The molecule has 2 aromatic carbocycles. The zero-order chi connectivity index (χ0) is 9.54. The molecule has 1 atom stereocenters. The van der Waals surface area contributed by atoms with Crippen molar-refractivity contribution in [3.8, 4) is 0 Å². The van der Waals surface area contributed by atoms with Gasteiger partial charge in [0, 0.05) is 11.8 Å². The largest absolute Gasteiger partial charge is 0.383 e. The van der Waals surface area contributed by atoms with Crippen LogP contribution >= 0.6 is 0 Å². The van der Waals surface area contributed by atoms with E-state index in [1.165, 1.54) is 0 Å². The summed E-state index contributed by atoms with van der Waals surface area (Å²) in [7, 11) is 0. The number of benzene rings is 2. The Balaban J connectivity index is 2.44. The van der Waals surface area contributed by atoms with E-state index < -0.39 is 6.10 Å². The number of rotatable bonds is 0. The molecule has 1 unspecified atom stereocenters. The van der Waals surface area contributed by atoms with E-state index in [4.69, 9.17) is 0 Å². The summed E-state index contributed by atoms with van der Waals surface area (Å²) in [6.07, 6.45) is 1.04. The van der Waals surface area contributed by atoms with Gasteiger partial charge in [-0.05, 0) is 16.8 Å². The molecule has 0 saturated heterocycles. The quantitative estimate of drug-likeness (QED) is 0.669. The van der Waals surface area contributed by atoms with E-state index in [1.807, 2.05) is 36.4 Å². The Morgan fingerprint density at radius 2 is 1.93 bits per heavy atom. The smallest absolute Gasteiger partial charge is 0.117 e. The molecule has 68 valence electrons. The molecule has 1 aliphatic rings. The second-order valence-corrected chi connectivity index (χ2v) is 3.44. The molecule has 0 bridgehead atoms. The highest BCUT2D eigenvalue weighted by molar-refractivity contribution is 5.96. The monoisotopic (exact) mass is 183 g/mol. The number of hydrogen-bond donors (Lipinski definition) is 1. The van der Waals surface area contributed by atoms with Crippen molar-refractivity contribution in [3.05, 3.63) is 42.0 Å². The Bertz CT molecular complexity index is 531. The van der Waals surface area contributed by atoms with Crippen LogP contribution in [0.2, 0.25) is 0 Å². The molecule has 1 N–H and O–H groups in total. The molecular formula is C12H9NO. The second-order valence-electron chi connectivity index (χ2n) is 3.44. The first kappa shape index (κ1) is 7.71. The highest BCUT2D eigenvalue weighted by Gasteiger charge is 2.18. The summed E-state index contributed by atoms with van der Waals surface area (Å²) >= 11 is 0. The van der Waals surface area contributed by atoms with Gasteiger partial charge in [-0.25, -0.2) is 0 Å². The fraction of sp³-hybridized carbons (Fsp3) is 0.0833. The van der Waals surface area contributed by atoms with Crippen molar-refractivity contribution >= 4 is 22.7 Å². The molecule has 2 heteroatoms. The summed E-state index contributed by atoms with van der Waals surface area (Å²) in [6, 6.07) is 12.0. The molecule has 0 fully saturated rings. The Hall–Kier alpha value is -1.67. The summed E-state index contributed by atoms with van der Waals surface area (Å²) in [6.45, 7) is 0. The molecule has 3 rings (SSSR count). The van der Waals surface area contributed by atoms with Crippen molar-refractivity contribution in [1.82, 2.24) is 0 Å². The van der Waals surface area contributed by atoms with Crippen LogP contribution in [0, 0.1) is 0 Å². The van der Waals surface area contributed by atoms with Crippen LogP contribution in [-0.2, 0) is 0 Å². The fourth-order valence-electron chi connectivity index (χ4n) is 1.93. The van der Waals surface area contributed by atoms with Crippen LogP contribution in [0.3, 0.4) is 0 Å². The first-order chi connectivity index (χ1) is 6.86. The molecule has 0 amide bonds. The number of aliphatic hydroxyl groups excluding tert-OH is 1. The second kappa shape index (κ2) is 2.66. The average Bonchev–Trinajstić information content (AvgIpc) is 2.61. The zero-order valence-corrected chi connectivity index (χ0v) is 7.51. The SMILES string of the molecule is OC1C=Nc2ccc3ccccc3c21. The summed E-state index contributed by atoms with van der Waals surface area (Å²) in [5.41, 5.74) is 1.82. The lowest BCUT2D eigenvalue weighted by molar-refractivity contribution is 0.258. The van der Waals surface area contributed by atoms with E-state index in [-0.39, 0.29) is 0 Å². The van der Waals surface area contributed by atoms with Gasteiger partial charge in [-0.3, -0.25) is 4.99 Å². The molecule has 14 heavy (non-hydrogen) atoms. The van der Waals surface area contributed by atoms with Crippen LogP contribution < -0.4 is 0 Å². The van der Waals surface area contributed by atoms with Crippen molar-refractivity contribution in [2.24, 2.45) is 4.99 Å². The van der Waals surface area contributed by atoms with Crippen LogP contribution in [-0.4, -0.2) is 11.3 Å². The van der Waals surface area contributed by atoms with Crippen molar-refractivity contribution < 1.29 is 5.11 Å². The lowest BCUT2D eigenvalue weighted by Crippen LogP contribution is -1.93. The molecule has 0 saturated carbocycles. The Morgan fingerprint density at radius 1 is 1.07 bits per heavy atom. The number of aliphatic imine (C=N–C) groups is 1. The Kier molecular flexibility index (Phi) is 1.46. The maximum atomic E-state index is 9.73. The van der Waals surface area contributed by atoms with Gasteiger partial charge in [0.25, 0.3) is 0 Å². The predicted molar refractivity (Wildman–Crippen MR) is 57.1 cm³/mol. The van der Waals surface area contributed by atoms with Gasteiger partial charge >= 0.3 is 0 Å². The molecule has 2 aromatic rings. The van der Waals surface area contributed by atoms with Crippen LogP contribution in [0.1, 0.15) is 11.7 Å². The lowest BCUT2D eigenvalue weighted by atomic mass is 10.0. The highest BCUT2D eigenvalue weighted by atomic mass is 16.3. The lowest BCUT2D eigenvalue weighted by Gasteiger charge is -2.06. The first-order valence-corrected chi connectivity index (χ1v) is 4.60. The first-order valence-electron chi connectivity index (χ1n) is 4.60. The fourth-order valence-corrected chi connectivity index (χ4v) is 1.93. The molecule has 1 heterocycles. The van der Waals surface area contributed by atoms with E-state index in [1.54, 1.807) is 6.21 Å². The van der Waals surface area contributed by atoms with Gasteiger partial charge in [0.05, 0.1) is 5.69 Å². The predicted octanol–water partition coefficient (Wildman–Crippen LogP) is 2.59. The van der Waals surface area contributed by atoms with Crippen molar-refractivity contribution in [1.29, 1.82) is 0 Å². The van der Waals surface area contributed by atoms with Crippen LogP contribution in [0.5, 0.6) is 0 Å². The van der Waals surface area contributed by atoms with Crippen molar-refractivity contribution in [3.63, 3.8) is 0 Å². The normalized spacial score (nSPS) is 18.8. The standard InChI is InChI=1S/C12H9NO/c14-11-7-13-10-6-5-8-3-1-2-4-9(8)12(10)11/h1-7,11,14H. The van der Waals surface area contributed by atoms with Crippen molar-refractivity contribution in [2.75, 3.05) is 0 Å². The third kappa shape index (κ3) is 0.916.